The number of hydrogen-bond donors (Lipinski definition) is 1. The minimum absolute atomic E-state index is 0.0734. The Balaban J connectivity index is 1.50. The molecular formula is C18H21N5O3. The molecule has 1 N–H and O–H groups in total. The monoisotopic (exact) mass is 355 g/mol. The Labute approximate surface area is 151 Å². The van der Waals surface area contributed by atoms with Crippen LogP contribution in [-0.4, -0.2) is 64.1 Å². The molecule has 0 atom stereocenters. The summed E-state index contributed by atoms with van der Waals surface area (Å²) in [4.78, 5) is 39.7. The first-order valence-electron chi connectivity index (χ1n) is 8.44. The Morgan fingerprint density at radius 2 is 1.73 bits per heavy atom. The molecule has 3 rings (SSSR count). The zero-order chi connectivity index (χ0) is 18.5. The third-order valence-electron chi connectivity index (χ3n) is 4.26. The van der Waals surface area contributed by atoms with Crippen LogP contribution in [0.1, 0.15) is 10.5 Å². The molecule has 0 bridgehead atoms. The maximum atomic E-state index is 12.5. The largest absolute Gasteiger partial charge is 0.335 e. The molecule has 1 saturated heterocycles. The summed E-state index contributed by atoms with van der Waals surface area (Å²) < 4.78 is 1.15. The van der Waals surface area contributed by atoms with Crippen LogP contribution in [0.25, 0.3) is 0 Å². The third-order valence-corrected chi connectivity index (χ3v) is 4.26. The molecule has 8 heteroatoms. The van der Waals surface area contributed by atoms with Gasteiger partial charge in [-0.05, 0) is 18.2 Å². The number of benzene rings is 1. The van der Waals surface area contributed by atoms with Crippen LogP contribution in [0.5, 0.6) is 0 Å². The van der Waals surface area contributed by atoms with Gasteiger partial charge < -0.3 is 10.2 Å². The Morgan fingerprint density at radius 3 is 2.38 bits per heavy atom. The van der Waals surface area contributed by atoms with Gasteiger partial charge >= 0.3 is 0 Å². The fourth-order valence-corrected chi connectivity index (χ4v) is 2.81. The van der Waals surface area contributed by atoms with Gasteiger partial charge in [-0.15, -0.1) is 0 Å². The summed E-state index contributed by atoms with van der Waals surface area (Å²) in [5, 5.41) is 6.85. The molecule has 0 aliphatic carbocycles. The van der Waals surface area contributed by atoms with E-state index in [1.807, 2.05) is 35.2 Å². The molecular weight excluding hydrogens is 334 g/mol. The number of carbonyl (C=O) groups is 2. The first-order chi connectivity index (χ1) is 12.5. The van der Waals surface area contributed by atoms with Crippen molar-refractivity contribution < 1.29 is 9.59 Å². The van der Waals surface area contributed by atoms with E-state index in [0.717, 1.165) is 10.4 Å². The lowest BCUT2D eigenvalue weighted by molar-refractivity contribution is -0.117. The van der Waals surface area contributed by atoms with E-state index >= 15 is 0 Å². The van der Waals surface area contributed by atoms with E-state index in [-0.39, 0.29) is 29.6 Å². The second-order valence-electron chi connectivity index (χ2n) is 6.16. The Hall–Kier alpha value is -3.00. The molecule has 0 spiro atoms. The normalized spacial score (nSPS) is 14.9. The average molecular weight is 355 g/mol. The molecule has 8 nitrogen and oxygen atoms in total. The Morgan fingerprint density at radius 1 is 1.04 bits per heavy atom. The van der Waals surface area contributed by atoms with Gasteiger partial charge in [0.1, 0.15) is 5.69 Å². The van der Waals surface area contributed by atoms with Crippen molar-refractivity contribution in [2.75, 3.05) is 38.0 Å². The summed E-state index contributed by atoms with van der Waals surface area (Å²) in [5.41, 5.74) is 0.769. The Kier molecular flexibility index (Phi) is 5.43. The minimum Gasteiger partial charge on any atom is -0.335 e. The van der Waals surface area contributed by atoms with Crippen LogP contribution in [0.2, 0.25) is 0 Å². The SMILES string of the molecule is Cn1nc(C(=O)N2CCN(CC(=O)Nc3ccccc3)CC2)ccc1=O. The molecule has 2 heterocycles. The van der Waals surface area contributed by atoms with Gasteiger partial charge in [-0.1, -0.05) is 18.2 Å². The fourth-order valence-electron chi connectivity index (χ4n) is 2.81. The Bertz CT molecular complexity index is 841. The highest BCUT2D eigenvalue weighted by Gasteiger charge is 2.24. The van der Waals surface area contributed by atoms with E-state index in [4.69, 9.17) is 0 Å². The van der Waals surface area contributed by atoms with Crippen LogP contribution in [0.15, 0.2) is 47.3 Å². The van der Waals surface area contributed by atoms with Gasteiger partial charge in [0.25, 0.3) is 11.5 Å². The van der Waals surface area contributed by atoms with Crippen molar-refractivity contribution >= 4 is 17.5 Å². The maximum Gasteiger partial charge on any atom is 0.274 e. The molecule has 2 aromatic rings. The van der Waals surface area contributed by atoms with Crippen molar-refractivity contribution in [3.05, 3.63) is 58.5 Å². The van der Waals surface area contributed by atoms with Crippen molar-refractivity contribution in [3.8, 4) is 0 Å². The number of aryl methyl sites for hydroxylation is 1. The quantitative estimate of drug-likeness (QED) is 0.845. The fraction of sp³-hybridized carbons (Fsp3) is 0.333. The first kappa shape index (κ1) is 17.8. The van der Waals surface area contributed by atoms with E-state index in [0.29, 0.717) is 26.2 Å². The van der Waals surface area contributed by atoms with Gasteiger partial charge in [0, 0.05) is 45.0 Å². The highest BCUT2D eigenvalue weighted by Crippen LogP contribution is 2.08. The number of piperazine rings is 1. The number of para-hydroxylation sites is 1. The summed E-state index contributed by atoms with van der Waals surface area (Å²) in [6.45, 7) is 2.54. The van der Waals surface area contributed by atoms with Gasteiger partial charge in [-0.2, -0.15) is 5.10 Å². The zero-order valence-corrected chi connectivity index (χ0v) is 14.6. The van der Waals surface area contributed by atoms with Gasteiger partial charge in [0.15, 0.2) is 0 Å². The van der Waals surface area contributed by atoms with Gasteiger partial charge in [0.2, 0.25) is 5.91 Å². The summed E-state index contributed by atoms with van der Waals surface area (Å²) >= 11 is 0. The predicted molar refractivity (Wildman–Crippen MR) is 96.9 cm³/mol. The van der Waals surface area contributed by atoms with E-state index < -0.39 is 0 Å². The zero-order valence-electron chi connectivity index (χ0n) is 14.6. The third kappa shape index (κ3) is 4.34. The van der Waals surface area contributed by atoms with Crippen LogP contribution >= 0.6 is 0 Å². The summed E-state index contributed by atoms with van der Waals surface area (Å²) in [7, 11) is 1.52. The predicted octanol–water partition coefficient (Wildman–Crippen LogP) is 0.177. The molecule has 1 aromatic heterocycles. The molecule has 2 amide bonds. The van der Waals surface area contributed by atoms with Gasteiger partial charge in [-0.25, -0.2) is 4.68 Å². The van der Waals surface area contributed by atoms with Crippen LogP contribution < -0.4 is 10.9 Å². The lowest BCUT2D eigenvalue weighted by atomic mass is 10.2. The minimum atomic E-state index is -0.254. The van der Waals surface area contributed by atoms with Crippen molar-refractivity contribution in [1.82, 2.24) is 19.6 Å². The highest BCUT2D eigenvalue weighted by atomic mass is 16.2. The second-order valence-corrected chi connectivity index (χ2v) is 6.16. The average Bonchev–Trinajstić information content (AvgIpc) is 2.65. The highest BCUT2D eigenvalue weighted by molar-refractivity contribution is 5.93. The van der Waals surface area contributed by atoms with E-state index in [1.54, 1.807) is 4.90 Å². The second kappa shape index (κ2) is 7.92. The smallest absolute Gasteiger partial charge is 0.274 e. The van der Waals surface area contributed by atoms with Crippen LogP contribution in [0.3, 0.4) is 0 Å². The first-order valence-corrected chi connectivity index (χ1v) is 8.44. The van der Waals surface area contributed by atoms with E-state index in [1.165, 1.54) is 19.2 Å². The topological polar surface area (TPSA) is 87.5 Å². The van der Waals surface area contributed by atoms with Crippen LogP contribution in [0, 0.1) is 0 Å². The van der Waals surface area contributed by atoms with Crippen molar-refractivity contribution in [2.45, 2.75) is 0 Å². The molecule has 1 aliphatic heterocycles. The standard InChI is InChI=1S/C18H21N5O3/c1-21-17(25)8-7-15(20-21)18(26)23-11-9-22(10-12-23)13-16(24)19-14-5-3-2-4-6-14/h2-8H,9-13H2,1H3,(H,19,24). The van der Waals surface area contributed by atoms with Crippen LogP contribution in [0.4, 0.5) is 5.69 Å². The number of rotatable bonds is 4. The van der Waals surface area contributed by atoms with Crippen molar-refractivity contribution in [2.24, 2.45) is 7.05 Å². The lowest BCUT2D eigenvalue weighted by Gasteiger charge is -2.34. The molecule has 0 saturated carbocycles. The van der Waals surface area contributed by atoms with Gasteiger partial charge in [0.05, 0.1) is 6.54 Å². The number of nitrogens with zero attached hydrogens (tertiary/aromatic N) is 4. The van der Waals surface area contributed by atoms with Gasteiger partial charge in [-0.3, -0.25) is 19.3 Å². The molecule has 26 heavy (non-hydrogen) atoms. The van der Waals surface area contributed by atoms with Crippen LogP contribution in [-0.2, 0) is 11.8 Å². The molecule has 1 aromatic carbocycles. The lowest BCUT2D eigenvalue weighted by Crippen LogP contribution is -2.50. The molecule has 1 aliphatic rings. The van der Waals surface area contributed by atoms with Crippen molar-refractivity contribution in [3.63, 3.8) is 0 Å². The number of nitrogens with one attached hydrogen (secondary N) is 1. The van der Waals surface area contributed by atoms with E-state index in [2.05, 4.69) is 10.4 Å². The maximum absolute atomic E-state index is 12.5. The molecule has 1 fully saturated rings. The molecule has 0 unspecified atom stereocenters. The number of hydrogen-bond acceptors (Lipinski definition) is 5. The number of aromatic nitrogens is 2. The summed E-state index contributed by atoms with van der Waals surface area (Å²) in [6, 6.07) is 12.1. The van der Waals surface area contributed by atoms with E-state index in [9.17, 15) is 14.4 Å². The number of anilines is 1. The number of amides is 2. The summed E-state index contributed by atoms with van der Waals surface area (Å²) in [6.07, 6.45) is 0. The summed E-state index contributed by atoms with van der Waals surface area (Å²) in [5.74, 6) is -0.273. The molecule has 136 valence electrons. The molecule has 0 radical (unpaired) electrons. The number of carbonyl (C=O) groups excluding carboxylic acids is 2. The van der Waals surface area contributed by atoms with Crippen molar-refractivity contribution in [1.29, 1.82) is 0 Å².